The third-order valence-electron chi connectivity index (χ3n) is 3.60. The number of hydrogen-bond acceptors (Lipinski definition) is 1. The van der Waals surface area contributed by atoms with E-state index in [-0.39, 0.29) is 11.1 Å². The first-order chi connectivity index (χ1) is 10.1. The second kappa shape index (κ2) is 5.62. The summed E-state index contributed by atoms with van der Waals surface area (Å²) in [4.78, 5) is 2.07. The molecule has 0 aromatic heterocycles. The van der Waals surface area contributed by atoms with E-state index in [4.69, 9.17) is 23.8 Å². The van der Waals surface area contributed by atoms with E-state index < -0.39 is 5.82 Å². The molecule has 0 amide bonds. The number of fused-ring (bicyclic) bond motifs is 1. The van der Waals surface area contributed by atoms with Crippen molar-refractivity contribution >= 4 is 40.3 Å². The molecule has 1 N–H and O–H groups in total. The highest BCUT2D eigenvalue weighted by Gasteiger charge is 2.28. The third-order valence-corrected chi connectivity index (χ3v) is 4.20. The Labute approximate surface area is 133 Å². The fourth-order valence-electron chi connectivity index (χ4n) is 2.63. The molecule has 2 aromatic carbocycles. The highest BCUT2D eigenvalue weighted by Crippen LogP contribution is 2.32. The molecule has 0 fully saturated rings. The maximum absolute atomic E-state index is 13.5. The van der Waals surface area contributed by atoms with E-state index >= 15 is 0 Å². The van der Waals surface area contributed by atoms with Gasteiger partial charge < -0.3 is 10.2 Å². The zero-order valence-corrected chi connectivity index (χ0v) is 13.0. The number of hydrogen-bond donors (Lipinski definition) is 1. The van der Waals surface area contributed by atoms with E-state index in [1.165, 1.54) is 17.7 Å². The Hall–Kier alpha value is -1.65. The van der Waals surface area contributed by atoms with Crippen molar-refractivity contribution in [3.8, 4) is 0 Å². The first kappa shape index (κ1) is 14.3. The van der Waals surface area contributed by atoms with Crippen LogP contribution in [0.5, 0.6) is 0 Å². The van der Waals surface area contributed by atoms with Crippen LogP contribution < -0.4 is 10.2 Å². The Bertz CT molecular complexity index is 704. The van der Waals surface area contributed by atoms with E-state index in [1.807, 2.05) is 12.1 Å². The van der Waals surface area contributed by atoms with Crippen molar-refractivity contribution < 1.29 is 4.39 Å². The van der Waals surface area contributed by atoms with Crippen LogP contribution in [0.4, 0.5) is 15.8 Å². The number of nitrogens with zero attached hydrogens (tertiary/aromatic N) is 1. The van der Waals surface area contributed by atoms with Crippen LogP contribution in [0.25, 0.3) is 0 Å². The second-order valence-electron chi connectivity index (χ2n) is 5.11. The van der Waals surface area contributed by atoms with E-state index in [1.54, 1.807) is 6.07 Å². The summed E-state index contributed by atoms with van der Waals surface area (Å²) in [7, 11) is 0. The van der Waals surface area contributed by atoms with Crippen LogP contribution in [0.1, 0.15) is 12.5 Å². The number of para-hydroxylation sites is 1. The number of benzene rings is 2. The third kappa shape index (κ3) is 2.74. The Morgan fingerprint density at radius 3 is 2.86 bits per heavy atom. The van der Waals surface area contributed by atoms with Crippen LogP contribution in [-0.2, 0) is 6.42 Å². The van der Waals surface area contributed by atoms with Crippen molar-refractivity contribution in [2.45, 2.75) is 19.4 Å². The average Bonchev–Trinajstić information content (AvgIpc) is 2.78. The van der Waals surface area contributed by atoms with E-state index in [9.17, 15) is 4.39 Å². The molecule has 0 spiro atoms. The molecule has 108 valence electrons. The van der Waals surface area contributed by atoms with Gasteiger partial charge in [-0.2, -0.15) is 0 Å². The fraction of sp³-hybridized carbons (Fsp3) is 0.188. The molecule has 0 radical (unpaired) electrons. The molecular formula is C16H14ClFN2S. The predicted molar refractivity (Wildman–Crippen MR) is 89.7 cm³/mol. The molecule has 1 heterocycles. The lowest BCUT2D eigenvalue weighted by molar-refractivity contribution is 0.629. The molecule has 0 saturated carbocycles. The minimum Gasteiger partial charge on any atom is -0.332 e. The van der Waals surface area contributed by atoms with Crippen molar-refractivity contribution in [3.05, 3.63) is 58.9 Å². The van der Waals surface area contributed by atoms with Gasteiger partial charge in [-0.15, -0.1) is 0 Å². The molecule has 0 bridgehead atoms. The number of nitrogens with one attached hydrogen (secondary N) is 1. The van der Waals surface area contributed by atoms with Gasteiger partial charge in [-0.05, 0) is 55.4 Å². The van der Waals surface area contributed by atoms with Gasteiger partial charge in [-0.3, -0.25) is 0 Å². The summed E-state index contributed by atoms with van der Waals surface area (Å²) in [5.74, 6) is -0.459. The topological polar surface area (TPSA) is 15.3 Å². The second-order valence-corrected chi connectivity index (χ2v) is 5.90. The summed E-state index contributed by atoms with van der Waals surface area (Å²) in [6.45, 7) is 2.12. The van der Waals surface area contributed by atoms with Gasteiger partial charge in [0.15, 0.2) is 5.11 Å². The standard InChI is InChI=1S/C16H14ClFN2S/c1-10-8-11-4-2-3-5-15(11)20(10)16(21)19-12-6-7-13(17)14(18)9-12/h2-7,9-10H,8H2,1H3,(H,19,21)/t10-/m0/s1. The quantitative estimate of drug-likeness (QED) is 0.771. The first-order valence-electron chi connectivity index (χ1n) is 6.69. The molecule has 21 heavy (non-hydrogen) atoms. The maximum Gasteiger partial charge on any atom is 0.178 e. The van der Waals surface area contributed by atoms with Gasteiger partial charge in [0.2, 0.25) is 0 Å². The van der Waals surface area contributed by atoms with Gasteiger partial charge in [0.1, 0.15) is 5.82 Å². The first-order valence-corrected chi connectivity index (χ1v) is 7.48. The molecule has 1 atom stereocenters. The molecule has 3 rings (SSSR count). The Balaban J connectivity index is 1.84. The van der Waals surface area contributed by atoms with E-state index in [0.717, 1.165) is 12.1 Å². The minimum atomic E-state index is -0.459. The number of anilines is 2. The lowest BCUT2D eigenvalue weighted by Gasteiger charge is -2.26. The molecule has 5 heteroatoms. The highest BCUT2D eigenvalue weighted by molar-refractivity contribution is 7.80. The Kier molecular flexibility index (Phi) is 3.83. The van der Waals surface area contributed by atoms with Crippen molar-refractivity contribution in [2.75, 3.05) is 10.2 Å². The Morgan fingerprint density at radius 1 is 1.33 bits per heavy atom. The zero-order chi connectivity index (χ0) is 15.0. The van der Waals surface area contributed by atoms with Crippen LogP contribution >= 0.6 is 23.8 Å². The van der Waals surface area contributed by atoms with E-state index in [2.05, 4.69) is 29.3 Å². The summed E-state index contributed by atoms with van der Waals surface area (Å²) in [5, 5.41) is 3.75. The van der Waals surface area contributed by atoms with Crippen molar-refractivity contribution in [1.29, 1.82) is 0 Å². The summed E-state index contributed by atoms with van der Waals surface area (Å²) in [5.41, 5.74) is 2.98. The normalized spacial score (nSPS) is 16.7. The fourth-order valence-corrected chi connectivity index (χ4v) is 3.15. The van der Waals surface area contributed by atoms with Gasteiger partial charge in [0, 0.05) is 17.4 Å². The van der Waals surface area contributed by atoms with Gasteiger partial charge in [-0.1, -0.05) is 29.8 Å². The van der Waals surface area contributed by atoms with Crippen molar-refractivity contribution in [2.24, 2.45) is 0 Å². The molecule has 1 aliphatic rings. The van der Waals surface area contributed by atoms with Crippen LogP contribution in [0.15, 0.2) is 42.5 Å². The monoisotopic (exact) mass is 320 g/mol. The molecule has 0 unspecified atom stereocenters. The van der Waals surface area contributed by atoms with Crippen molar-refractivity contribution in [3.63, 3.8) is 0 Å². The number of thiocarbonyl (C=S) groups is 1. The molecular weight excluding hydrogens is 307 g/mol. The number of rotatable bonds is 1. The molecule has 1 aliphatic heterocycles. The lowest BCUT2D eigenvalue weighted by Crippen LogP contribution is -2.38. The minimum absolute atomic E-state index is 0.103. The summed E-state index contributed by atoms with van der Waals surface area (Å²) in [6, 6.07) is 13.0. The average molecular weight is 321 g/mol. The SMILES string of the molecule is C[C@H]1Cc2ccccc2N1C(=S)Nc1ccc(Cl)c(F)c1. The largest absolute Gasteiger partial charge is 0.332 e. The van der Waals surface area contributed by atoms with Crippen LogP contribution in [0.2, 0.25) is 5.02 Å². The van der Waals surface area contributed by atoms with Gasteiger partial charge in [-0.25, -0.2) is 4.39 Å². The summed E-state index contributed by atoms with van der Waals surface area (Å²) < 4.78 is 13.5. The zero-order valence-electron chi connectivity index (χ0n) is 11.4. The van der Waals surface area contributed by atoms with Gasteiger partial charge in [0.25, 0.3) is 0 Å². The summed E-state index contributed by atoms with van der Waals surface area (Å²) >= 11 is 11.2. The Morgan fingerprint density at radius 2 is 2.10 bits per heavy atom. The van der Waals surface area contributed by atoms with E-state index in [0.29, 0.717) is 10.8 Å². The predicted octanol–water partition coefficient (Wildman–Crippen LogP) is 4.63. The highest BCUT2D eigenvalue weighted by atomic mass is 35.5. The number of halogens is 2. The lowest BCUT2D eigenvalue weighted by atomic mass is 10.1. The molecule has 0 saturated heterocycles. The maximum atomic E-state index is 13.5. The smallest absolute Gasteiger partial charge is 0.178 e. The molecule has 0 aliphatic carbocycles. The molecule has 2 nitrogen and oxygen atoms in total. The van der Waals surface area contributed by atoms with Gasteiger partial charge in [0.05, 0.1) is 5.02 Å². The molecule has 2 aromatic rings. The van der Waals surface area contributed by atoms with Crippen molar-refractivity contribution in [1.82, 2.24) is 0 Å². The van der Waals surface area contributed by atoms with Crippen LogP contribution in [-0.4, -0.2) is 11.2 Å². The van der Waals surface area contributed by atoms with Crippen LogP contribution in [0, 0.1) is 5.82 Å². The van der Waals surface area contributed by atoms with Gasteiger partial charge >= 0.3 is 0 Å². The summed E-state index contributed by atoms with van der Waals surface area (Å²) in [6.07, 6.45) is 0.951. The van der Waals surface area contributed by atoms with Crippen LogP contribution in [0.3, 0.4) is 0 Å².